The molecule has 1 atom stereocenters. The fourth-order valence-electron chi connectivity index (χ4n) is 1.35. The Morgan fingerprint density at radius 1 is 1.25 bits per heavy atom. The van der Waals surface area contributed by atoms with Crippen molar-refractivity contribution in [2.45, 2.75) is 53.1 Å². The molecule has 0 aromatic carbocycles. The van der Waals surface area contributed by atoms with Crippen LogP contribution in [0, 0.1) is 0 Å². The lowest BCUT2D eigenvalue weighted by Crippen LogP contribution is -2.19. The maximum absolute atomic E-state index is 9.07. The first-order valence-electron chi connectivity index (χ1n) is 6.20. The molecule has 0 fully saturated rings. The van der Waals surface area contributed by atoms with E-state index in [0.717, 1.165) is 32.4 Å². The molecule has 0 rings (SSSR count). The van der Waals surface area contributed by atoms with Gasteiger partial charge in [-0.05, 0) is 53.5 Å². The first-order valence-corrected chi connectivity index (χ1v) is 6.20. The Balaban J connectivity index is 3.51. The van der Waals surface area contributed by atoms with Crippen LogP contribution in [-0.2, 0) is 0 Å². The van der Waals surface area contributed by atoms with Crippen molar-refractivity contribution in [3.05, 3.63) is 23.3 Å². The van der Waals surface area contributed by atoms with Crippen LogP contribution in [0.5, 0.6) is 0 Å². The van der Waals surface area contributed by atoms with Crippen LogP contribution in [0.3, 0.4) is 0 Å². The molecule has 2 nitrogen and oxygen atoms in total. The van der Waals surface area contributed by atoms with E-state index in [4.69, 9.17) is 5.11 Å². The van der Waals surface area contributed by atoms with E-state index in [1.54, 1.807) is 0 Å². The molecule has 2 heteroatoms. The zero-order chi connectivity index (χ0) is 12.4. The van der Waals surface area contributed by atoms with Crippen molar-refractivity contribution in [1.29, 1.82) is 0 Å². The van der Waals surface area contributed by atoms with Gasteiger partial charge in [0.1, 0.15) is 0 Å². The normalized spacial score (nSPS) is 13.7. The molecule has 0 saturated heterocycles. The zero-order valence-electron chi connectivity index (χ0n) is 11.2. The van der Waals surface area contributed by atoms with Crippen LogP contribution in [0.15, 0.2) is 23.3 Å². The minimum Gasteiger partial charge on any atom is -0.393 e. The summed E-state index contributed by atoms with van der Waals surface area (Å²) < 4.78 is 0. The molecular formula is C14H27NO. The Morgan fingerprint density at radius 3 is 2.50 bits per heavy atom. The van der Waals surface area contributed by atoms with Gasteiger partial charge in [-0.2, -0.15) is 0 Å². The predicted molar refractivity (Wildman–Crippen MR) is 71.6 cm³/mol. The molecule has 1 unspecified atom stereocenters. The second kappa shape index (κ2) is 9.61. The topological polar surface area (TPSA) is 32.3 Å². The monoisotopic (exact) mass is 225 g/mol. The summed E-state index contributed by atoms with van der Waals surface area (Å²) >= 11 is 0. The molecular weight excluding hydrogens is 198 g/mol. The highest BCUT2D eigenvalue weighted by Crippen LogP contribution is 2.05. The first kappa shape index (κ1) is 15.4. The van der Waals surface area contributed by atoms with Gasteiger partial charge < -0.3 is 10.4 Å². The van der Waals surface area contributed by atoms with Crippen molar-refractivity contribution in [1.82, 2.24) is 5.32 Å². The third-order valence-corrected chi connectivity index (χ3v) is 2.43. The molecule has 0 spiro atoms. The number of nitrogens with one attached hydrogen (secondary N) is 1. The highest BCUT2D eigenvalue weighted by atomic mass is 16.3. The van der Waals surface area contributed by atoms with Crippen molar-refractivity contribution >= 4 is 0 Å². The quantitative estimate of drug-likeness (QED) is 0.491. The highest BCUT2D eigenvalue weighted by molar-refractivity contribution is 5.02. The Hall–Kier alpha value is -0.600. The van der Waals surface area contributed by atoms with E-state index in [2.05, 4.69) is 38.2 Å². The molecule has 0 aliphatic rings. The molecule has 94 valence electrons. The van der Waals surface area contributed by atoms with Crippen LogP contribution >= 0.6 is 0 Å². The van der Waals surface area contributed by atoms with Crippen molar-refractivity contribution in [2.75, 3.05) is 13.1 Å². The lowest BCUT2D eigenvalue weighted by atomic mass is 10.1. The summed E-state index contributed by atoms with van der Waals surface area (Å²) in [5, 5.41) is 12.4. The molecule has 0 radical (unpaired) electrons. The summed E-state index contributed by atoms with van der Waals surface area (Å²) in [5.41, 5.74) is 2.82. The van der Waals surface area contributed by atoms with E-state index in [1.807, 2.05) is 6.92 Å². The summed E-state index contributed by atoms with van der Waals surface area (Å²) in [6, 6.07) is 0. The van der Waals surface area contributed by atoms with E-state index in [0.29, 0.717) is 0 Å². The largest absolute Gasteiger partial charge is 0.393 e. The predicted octanol–water partition coefficient (Wildman–Crippen LogP) is 3.04. The van der Waals surface area contributed by atoms with Crippen molar-refractivity contribution < 1.29 is 5.11 Å². The fraction of sp³-hybridized carbons (Fsp3) is 0.714. The lowest BCUT2D eigenvalue weighted by Gasteiger charge is -2.05. The van der Waals surface area contributed by atoms with Gasteiger partial charge in [-0.1, -0.05) is 23.3 Å². The molecule has 0 aliphatic heterocycles. The molecule has 0 bridgehead atoms. The number of allylic oxidation sites excluding steroid dienone is 3. The van der Waals surface area contributed by atoms with Crippen molar-refractivity contribution in [3.63, 3.8) is 0 Å². The Morgan fingerprint density at radius 2 is 1.94 bits per heavy atom. The van der Waals surface area contributed by atoms with Crippen molar-refractivity contribution in [2.24, 2.45) is 0 Å². The number of rotatable bonds is 8. The average molecular weight is 225 g/mol. The first-order chi connectivity index (χ1) is 7.52. The van der Waals surface area contributed by atoms with E-state index < -0.39 is 0 Å². The molecule has 0 aromatic heterocycles. The highest BCUT2D eigenvalue weighted by Gasteiger charge is 1.93. The van der Waals surface area contributed by atoms with Gasteiger partial charge in [0.25, 0.3) is 0 Å². The molecule has 0 aliphatic carbocycles. The van der Waals surface area contributed by atoms with Crippen LogP contribution in [-0.4, -0.2) is 24.3 Å². The van der Waals surface area contributed by atoms with Gasteiger partial charge in [-0.15, -0.1) is 0 Å². The SMILES string of the molecule is CC(C)=CCC/C(C)=C/CNCCC(C)O. The maximum Gasteiger partial charge on any atom is 0.0524 e. The standard InChI is InChI=1S/C14H27NO/c1-12(2)6-5-7-13(3)8-10-15-11-9-14(4)16/h6,8,14-16H,5,7,9-11H2,1-4H3/b13-8+. The molecule has 0 heterocycles. The zero-order valence-corrected chi connectivity index (χ0v) is 11.2. The lowest BCUT2D eigenvalue weighted by molar-refractivity contribution is 0.184. The van der Waals surface area contributed by atoms with Crippen molar-refractivity contribution in [3.8, 4) is 0 Å². The van der Waals surface area contributed by atoms with Crippen LogP contribution in [0.4, 0.5) is 0 Å². The number of hydrogen-bond donors (Lipinski definition) is 2. The van der Waals surface area contributed by atoms with E-state index in [1.165, 1.54) is 11.1 Å². The van der Waals surface area contributed by atoms with Crippen LogP contribution in [0.1, 0.15) is 47.0 Å². The minimum atomic E-state index is -0.199. The number of hydrogen-bond acceptors (Lipinski definition) is 2. The fourth-order valence-corrected chi connectivity index (χ4v) is 1.35. The van der Waals surface area contributed by atoms with Gasteiger partial charge in [0, 0.05) is 6.54 Å². The Labute approximate surface area is 100 Å². The number of aliphatic hydroxyl groups is 1. The van der Waals surface area contributed by atoms with Gasteiger partial charge in [0.05, 0.1) is 6.10 Å². The summed E-state index contributed by atoms with van der Waals surface area (Å²) in [5.74, 6) is 0. The summed E-state index contributed by atoms with van der Waals surface area (Å²) in [4.78, 5) is 0. The van der Waals surface area contributed by atoms with E-state index in [9.17, 15) is 0 Å². The second-order valence-corrected chi connectivity index (χ2v) is 4.71. The number of aliphatic hydroxyl groups excluding tert-OH is 1. The van der Waals surface area contributed by atoms with E-state index >= 15 is 0 Å². The molecule has 0 saturated carbocycles. The summed E-state index contributed by atoms with van der Waals surface area (Å²) in [6.07, 6.45) is 7.42. The van der Waals surface area contributed by atoms with Crippen LogP contribution < -0.4 is 5.32 Å². The summed E-state index contributed by atoms with van der Waals surface area (Å²) in [7, 11) is 0. The Kier molecular flexibility index (Phi) is 9.25. The Bertz CT molecular complexity index is 225. The summed E-state index contributed by atoms with van der Waals surface area (Å²) in [6.45, 7) is 10.1. The van der Waals surface area contributed by atoms with Gasteiger partial charge >= 0.3 is 0 Å². The van der Waals surface area contributed by atoms with E-state index in [-0.39, 0.29) is 6.10 Å². The molecule has 2 N–H and O–H groups in total. The van der Waals surface area contributed by atoms with Crippen LogP contribution in [0.25, 0.3) is 0 Å². The van der Waals surface area contributed by atoms with Crippen LogP contribution in [0.2, 0.25) is 0 Å². The van der Waals surface area contributed by atoms with Gasteiger partial charge in [0.2, 0.25) is 0 Å². The second-order valence-electron chi connectivity index (χ2n) is 4.71. The average Bonchev–Trinajstić information content (AvgIpc) is 2.16. The van der Waals surface area contributed by atoms with Gasteiger partial charge in [-0.25, -0.2) is 0 Å². The van der Waals surface area contributed by atoms with Gasteiger partial charge in [0.15, 0.2) is 0 Å². The van der Waals surface area contributed by atoms with Gasteiger partial charge in [-0.3, -0.25) is 0 Å². The molecule has 0 aromatic rings. The third-order valence-electron chi connectivity index (χ3n) is 2.43. The molecule has 0 amide bonds. The third kappa shape index (κ3) is 11.5. The molecule has 16 heavy (non-hydrogen) atoms. The smallest absolute Gasteiger partial charge is 0.0524 e. The maximum atomic E-state index is 9.07. The minimum absolute atomic E-state index is 0.199.